The molecular weight excluding hydrogens is 1340 g/mol. The number of benzene rings is 3. The number of aromatic nitrogens is 2. The molecule has 32 heteroatoms. The Hall–Kier alpha value is -6.91. The summed E-state index contributed by atoms with van der Waals surface area (Å²) in [5.41, 5.74) is 8.65. The second-order valence-electron chi connectivity index (χ2n) is 25.8. The van der Waals surface area contributed by atoms with Crippen LogP contribution < -0.4 is 47.3 Å². The molecule has 0 spiro atoms. The Morgan fingerprint density at radius 3 is 2.03 bits per heavy atom. The number of hydrogen-bond donors (Lipinski definition) is 15. The molecule has 3 aromatic carbocycles. The molecule has 540 valence electrons. The normalized spacial score (nSPS) is 26.3. The van der Waals surface area contributed by atoms with Crippen molar-refractivity contribution in [1.29, 1.82) is 0 Å². The fourth-order valence-corrected chi connectivity index (χ4v) is 14.5. The number of anilines is 1. The minimum absolute atomic E-state index is 0. The van der Waals surface area contributed by atoms with Gasteiger partial charge in [0.2, 0.25) is 35.4 Å². The van der Waals surface area contributed by atoms with Crippen LogP contribution >= 0.6 is 36.2 Å². The van der Waals surface area contributed by atoms with Crippen molar-refractivity contribution < 1.29 is 83.9 Å². The highest BCUT2D eigenvalue weighted by Gasteiger charge is 2.50. The van der Waals surface area contributed by atoms with Crippen LogP contribution in [0.15, 0.2) is 66.7 Å². The van der Waals surface area contributed by atoms with E-state index in [9.17, 15) is 69.3 Å². The molecule has 1 saturated carbocycles. The Morgan fingerprint density at radius 2 is 1.40 bits per heavy atom. The third-order valence-corrected chi connectivity index (χ3v) is 20.2. The van der Waals surface area contributed by atoms with E-state index in [-0.39, 0.29) is 98.9 Å². The standard InChI is InChI=1S/C66H92N12O17S.2ClH/c1-36-34-78-55(56(36)86)61(91)69-33-44(81)31-46(70-57(87)39-10-12-40(13-11-39)62-74-75-63(96-62)41-14-16-43(17-15-41)76-25-20-66(94-3,21-26-76)42-7-5-4-6-8-42)58(88)71-52(37(2)80)64(92)77-35-45(82)32-47(77)59(89)72-53(60(90)73-54(65(78)93)49(84)19-22-67)50(85)29-38-9-18-48(83)51(30-38)95-28-24-68-23-27-79;;/h9-18,30,36-37,42,44-47,49-50,52-56,68,79-86H,4-8,19-29,31-35,67H2,1-3H3,(H,69,91)(H,70,87)(H,71,88)(H,72,89)(H,73,90);2*1H/t36-,37+,44+,45+,46-,47-,49+,50+,52-,53-,54-,55-,56-;;/m0../s1. The van der Waals surface area contributed by atoms with Gasteiger partial charge in [0, 0.05) is 100 Å². The number of piperidine rings is 1. The molecule has 1 aromatic heterocycles. The number of aliphatic hydroxyl groups is 7. The number of ether oxygens (including phenoxy) is 2. The highest BCUT2D eigenvalue weighted by molar-refractivity contribution is 7.17. The molecule has 5 fully saturated rings. The molecule has 4 saturated heterocycles. The number of hydrogen-bond acceptors (Lipinski definition) is 23. The van der Waals surface area contributed by atoms with E-state index >= 15 is 0 Å². The number of aliphatic hydroxyl groups excluding tert-OH is 7. The average Bonchev–Trinajstić information content (AvgIpc) is 1.09. The van der Waals surface area contributed by atoms with Crippen molar-refractivity contribution in [3.63, 3.8) is 0 Å². The summed E-state index contributed by atoms with van der Waals surface area (Å²) in [4.78, 5) is 106. The summed E-state index contributed by atoms with van der Waals surface area (Å²) in [6, 6.07) is 7.46. The van der Waals surface area contributed by atoms with Gasteiger partial charge in [0.15, 0.2) is 11.5 Å². The van der Waals surface area contributed by atoms with Gasteiger partial charge in [-0.1, -0.05) is 55.7 Å². The summed E-state index contributed by atoms with van der Waals surface area (Å²) in [5, 5.41) is 114. The zero-order valence-corrected chi connectivity index (χ0v) is 57.5. The Labute approximate surface area is 584 Å². The maximum Gasteiger partial charge on any atom is 0.251 e. The minimum Gasteiger partial charge on any atom is -0.504 e. The van der Waals surface area contributed by atoms with Gasteiger partial charge in [-0.15, -0.1) is 35.0 Å². The van der Waals surface area contributed by atoms with Crippen molar-refractivity contribution in [2.24, 2.45) is 17.6 Å². The van der Waals surface area contributed by atoms with Crippen LogP contribution in [0.1, 0.15) is 94.0 Å². The zero-order valence-electron chi connectivity index (χ0n) is 55.1. The molecule has 4 aromatic rings. The molecule has 4 aliphatic heterocycles. The van der Waals surface area contributed by atoms with E-state index in [1.54, 1.807) is 12.1 Å². The van der Waals surface area contributed by atoms with Crippen molar-refractivity contribution in [2.45, 2.75) is 163 Å². The summed E-state index contributed by atoms with van der Waals surface area (Å²) in [6.45, 7) is 3.24. The van der Waals surface area contributed by atoms with E-state index in [1.165, 1.54) is 80.7 Å². The van der Waals surface area contributed by atoms with Gasteiger partial charge >= 0.3 is 0 Å². The number of phenolic OH excluding ortho intramolecular Hbond substituents is 1. The van der Waals surface area contributed by atoms with Gasteiger partial charge < -0.3 is 103 Å². The van der Waals surface area contributed by atoms with Crippen molar-refractivity contribution in [1.82, 2.24) is 51.9 Å². The van der Waals surface area contributed by atoms with Gasteiger partial charge in [0.1, 0.15) is 52.9 Å². The van der Waals surface area contributed by atoms with E-state index in [0.29, 0.717) is 21.5 Å². The van der Waals surface area contributed by atoms with Crippen molar-refractivity contribution >= 4 is 83.2 Å². The molecule has 29 nitrogen and oxygen atoms in total. The van der Waals surface area contributed by atoms with Gasteiger partial charge in [-0.3, -0.25) is 33.6 Å². The molecule has 5 heterocycles. The van der Waals surface area contributed by atoms with E-state index in [4.69, 9.17) is 20.3 Å². The minimum atomic E-state index is -2.06. The van der Waals surface area contributed by atoms with Gasteiger partial charge in [-0.05, 0) is 106 Å². The predicted molar refractivity (Wildman–Crippen MR) is 365 cm³/mol. The molecular formula is C66H94Cl2N12O17S. The fourth-order valence-electron chi connectivity index (χ4n) is 13.7. The maximum absolute atomic E-state index is 14.8. The molecule has 0 unspecified atom stereocenters. The van der Waals surface area contributed by atoms with Gasteiger partial charge in [0.05, 0.1) is 48.8 Å². The van der Waals surface area contributed by atoms with Crippen LogP contribution in [0.2, 0.25) is 0 Å². The third kappa shape index (κ3) is 18.9. The largest absolute Gasteiger partial charge is 0.504 e. The lowest BCUT2D eigenvalue weighted by Gasteiger charge is -2.47. The third-order valence-electron chi connectivity index (χ3n) is 19.2. The summed E-state index contributed by atoms with van der Waals surface area (Å²) in [6.07, 6.45) is -3.72. The zero-order chi connectivity index (χ0) is 69.0. The molecule has 0 bridgehead atoms. The maximum atomic E-state index is 14.8. The molecule has 0 radical (unpaired) electrons. The number of halogens is 2. The number of carbonyl (C=O) groups is 7. The number of nitrogens with zero attached hydrogens (tertiary/aromatic N) is 5. The number of β-amino-alcohol motifs (C(OH)–C–C–N with tert-alkyl or cyclic N) is 1. The first-order chi connectivity index (χ1) is 46.0. The number of aromatic hydroxyl groups is 1. The van der Waals surface area contributed by atoms with Crippen LogP contribution in [0.25, 0.3) is 21.1 Å². The number of methoxy groups -OCH3 is 1. The number of nitrogens with two attached hydrogens (primary N) is 1. The summed E-state index contributed by atoms with van der Waals surface area (Å²) in [5.74, 6) is -8.08. The molecule has 16 N–H and O–H groups in total. The Bertz CT molecular complexity index is 3330. The van der Waals surface area contributed by atoms with E-state index in [1.807, 2.05) is 19.2 Å². The molecule has 5 aliphatic rings. The van der Waals surface area contributed by atoms with Crippen LogP contribution in [0.5, 0.6) is 11.5 Å². The Balaban J connectivity index is 0.00000676. The lowest BCUT2D eigenvalue weighted by atomic mass is 9.72. The predicted octanol–water partition coefficient (Wildman–Crippen LogP) is -0.755. The number of phenols is 1. The summed E-state index contributed by atoms with van der Waals surface area (Å²) < 4.78 is 11.9. The quantitative estimate of drug-likeness (QED) is 0.0484. The van der Waals surface area contributed by atoms with E-state index in [0.717, 1.165) is 53.9 Å². The molecule has 13 atom stereocenters. The van der Waals surface area contributed by atoms with Gasteiger partial charge in [-0.25, -0.2) is 0 Å². The average molecular weight is 1430 g/mol. The number of carbonyl (C=O) groups excluding carboxylic acids is 7. The van der Waals surface area contributed by atoms with Crippen LogP contribution in [-0.2, 0) is 39.9 Å². The summed E-state index contributed by atoms with van der Waals surface area (Å²) in [7, 11) is 1.86. The van der Waals surface area contributed by atoms with Gasteiger partial charge in [-0.2, -0.15) is 0 Å². The van der Waals surface area contributed by atoms with Crippen LogP contribution in [0.3, 0.4) is 0 Å². The smallest absolute Gasteiger partial charge is 0.251 e. The monoisotopic (exact) mass is 1430 g/mol. The highest BCUT2D eigenvalue weighted by Crippen LogP contribution is 2.43. The van der Waals surface area contributed by atoms with Crippen LogP contribution in [-0.4, -0.2) is 253 Å². The SMILES string of the molecule is COC1(C2CCCCC2)CCN(c2ccc(-c3nnc(-c4ccc(C(=O)N[C@H]5C[C@@H](O)CNC(=O)[C@@H]6[C@@H](O)[C@@H](C)CN6C(=O)[C@H]([C@H](O)CCN)NC(=O)[C@H]([C@H](O)Cc6ccc(O)c(OCCNCCO)c6)NC(=O)[C@@H]6C[C@@H](O)CN6C(=O)[C@H]([C@@H](C)O)NC5=O)cc4)s3)cc2)CC1.Cl.Cl. The first kappa shape index (κ1) is 78.4. The second kappa shape index (κ2) is 35.9. The first-order valence-corrected chi connectivity index (χ1v) is 33.8. The number of fused-ring (bicyclic) bond motifs is 2. The Kier molecular flexibility index (Phi) is 28.7. The molecule has 9 rings (SSSR count). The first-order valence-electron chi connectivity index (χ1n) is 33.0. The van der Waals surface area contributed by atoms with Crippen LogP contribution in [0, 0.1) is 11.8 Å². The molecule has 7 amide bonds. The van der Waals surface area contributed by atoms with Crippen molar-refractivity contribution in [3.8, 4) is 32.6 Å². The number of nitrogens with one attached hydrogen (secondary N) is 6. The molecule has 1 aliphatic carbocycles. The van der Waals surface area contributed by atoms with Crippen LogP contribution in [0.4, 0.5) is 5.69 Å². The topological polar surface area (TPSA) is 433 Å². The van der Waals surface area contributed by atoms with Crippen molar-refractivity contribution in [3.05, 3.63) is 77.9 Å². The van der Waals surface area contributed by atoms with E-state index < -0.39 is 152 Å². The number of rotatable bonds is 20. The summed E-state index contributed by atoms with van der Waals surface area (Å²) >= 11 is 1.35. The van der Waals surface area contributed by atoms with E-state index in [2.05, 4.69) is 59.1 Å². The Morgan fingerprint density at radius 1 is 0.765 bits per heavy atom. The van der Waals surface area contributed by atoms with Crippen molar-refractivity contribution in [2.75, 3.05) is 77.6 Å². The highest BCUT2D eigenvalue weighted by atomic mass is 35.5. The fraction of sp³-hybridized carbons (Fsp3) is 0.591. The van der Waals surface area contributed by atoms with Gasteiger partial charge in [0.25, 0.3) is 5.91 Å². The second-order valence-corrected chi connectivity index (χ2v) is 26.8. The number of amides is 7. The molecule has 98 heavy (non-hydrogen) atoms. The lowest BCUT2D eigenvalue weighted by molar-refractivity contribution is -0.147. The lowest BCUT2D eigenvalue weighted by Crippen LogP contribution is -2.64.